The van der Waals surface area contributed by atoms with Gasteiger partial charge in [-0.3, -0.25) is 14.4 Å². The van der Waals surface area contributed by atoms with Gasteiger partial charge in [0, 0.05) is 18.2 Å². The number of aromatic nitrogens is 1. The Bertz CT molecular complexity index is 964. The highest BCUT2D eigenvalue weighted by Gasteiger charge is 2.53. The summed E-state index contributed by atoms with van der Waals surface area (Å²) in [5, 5.41) is 11.1. The maximum atomic E-state index is 12.6. The molecule has 1 N–H and O–H groups in total. The number of aliphatic hydroxyl groups is 1. The van der Waals surface area contributed by atoms with Gasteiger partial charge in [-0.05, 0) is 19.1 Å². The number of likely N-dealkylation sites (tertiary alicyclic amines) is 1. The minimum absolute atomic E-state index is 0.0259. The van der Waals surface area contributed by atoms with Crippen molar-refractivity contribution in [3.8, 4) is 0 Å². The molecule has 0 radical (unpaired) electrons. The molecular formula is C18H14N2O5. The second kappa shape index (κ2) is 5.14. The third-order valence-electron chi connectivity index (χ3n) is 4.49. The normalized spacial score (nSPS) is 23.7. The SMILES string of the molecule is CC1(c2ccc3ccccc3n2)OC(N2C(=O)CCC2=O)=C(O)C1=O. The van der Waals surface area contributed by atoms with E-state index in [1.54, 1.807) is 18.2 Å². The first-order chi connectivity index (χ1) is 11.9. The molecule has 1 fully saturated rings. The molecule has 1 aromatic heterocycles. The highest BCUT2D eigenvalue weighted by Crippen LogP contribution is 2.40. The number of fused-ring (bicyclic) bond motifs is 1. The Morgan fingerprint density at radius 3 is 2.48 bits per heavy atom. The molecule has 0 aliphatic carbocycles. The molecule has 0 spiro atoms. The molecule has 2 aromatic rings. The maximum absolute atomic E-state index is 12.6. The van der Waals surface area contributed by atoms with Gasteiger partial charge in [-0.25, -0.2) is 9.88 Å². The van der Waals surface area contributed by atoms with Crippen LogP contribution in [0.4, 0.5) is 0 Å². The summed E-state index contributed by atoms with van der Waals surface area (Å²) in [4.78, 5) is 41.6. The van der Waals surface area contributed by atoms with Gasteiger partial charge in [0.2, 0.25) is 23.2 Å². The van der Waals surface area contributed by atoms with Crippen molar-refractivity contribution in [3.63, 3.8) is 0 Å². The summed E-state index contributed by atoms with van der Waals surface area (Å²) >= 11 is 0. The fourth-order valence-corrected chi connectivity index (χ4v) is 3.07. The van der Waals surface area contributed by atoms with Gasteiger partial charge in [-0.15, -0.1) is 0 Å². The number of para-hydroxylation sites is 1. The number of ether oxygens (including phenoxy) is 1. The van der Waals surface area contributed by atoms with Crippen molar-refractivity contribution in [2.24, 2.45) is 0 Å². The fraction of sp³-hybridized carbons (Fsp3) is 0.222. The molecule has 1 aromatic carbocycles. The molecule has 25 heavy (non-hydrogen) atoms. The van der Waals surface area contributed by atoms with Crippen molar-refractivity contribution in [2.75, 3.05) is 0 Å². The van der Waals surface area contributed by atoms with Gasteiger partial charge < -0.3 is 9.84 Å². The molecule has 2 amide bonds. The van der Waals surface area contributed by atoms with Gasteiger partial charge in [-0.1, -0.05) is 24.3 Å². The van der Waals surface area contributed by atoms with Gasteiger partial charge in [0.25, 0.3) is 11.7 Å². The first-order valence-electron chi connectivity index (χ1n) is 7.81. The summed E-state index contributed by atoms with van der Waals surface area (Å²) in [6, 6.07) is 10.8. The first kappa shape index (κ1) is 15.3. The zero-order valence-corrected chi connectivity index (χ0v) is 13.4. The van der Waals surface area contributed by atoms with Gasteiger partial charge in [0.05, 0.1) is 11.2 Å². The van der Waals surface area contributed by atoms with E-state index in [9.17, 15) is 19.5 Å². The van der Waals surface area contributed by atoms with Crippen LogP contribution in [0.25, 0.3) is 10.9 Å². The van der Waals surface area contributed by atoms with E-state index >= 15 is 0 Å². The van der Waals surface area contributed by atoms with Gasteiger partial charge in [0.15, 0.2) is 0 Å². The molecular weight excluding hydrogens is 324 g/mol. The Kier molecular flexibility index (Phi) is 3.15. The van der Waals surface area contributed by atoms with E-state index in [1.807, 2.05) is 18.2 Å². The van der Waals surface area contributed by atoms with Crippen LogP contribution in [0.15, 0.2) is 48.0 Å². The standard InChI is InChI=1S/C18H14N2O5/c1-18(12-7-6-10-4-2-3-5-11(10)19-12)16(24)15(23)17(25-18)20-13(21)8-9-14(20)22/h2-7,23H,8-9H2,1H3. The number of benzene rings is 1. The Morgan fingerprint density at radius 2 is 1.76 bits per heavy atom. The summed E-state index contributed by atoms with van der Waals surface area (Å²) in [6.07, 6.45) is 0.0518. The number of hydrogen-bond acceptors (Lipinski definition) is 6. The fourth-order valence-electron chi connectivity index (χ4n) is 3.07. The Labute approximate surface area is 142 Å². The Morgan fingerprint density at radius 1 is 1.08 bits per heavy atom. The topological polar surface area (TPSA) is 96.8 Å². The lowest BCUT2D eigenvalue weighted by Crippen LogP contribution is -2.34. The molecule has 7 nitrogen and oxygen atoms in total. The minimum Gasteiger partial charge on any atom is -0.501 e. The Balaban J connectivity index is 1.77. The number of pyridine rings is 1. The van der Waals surface area contributed by atoms with Crippen LogP contribution < -0.4 is 0 Å². The van der Waals surface area contributed by atoms with Gasteiger partial charge >= 0.3 is 0 Å². The van der Waals surface area contributed by atoms with Crippen LogP contribution in [0.1, 0.15) is 25.5 Å². The first-order valence-corrected chi connectivity index (χ1v) is 7.81. The van der Waals surface area contributed by atoms with Crippen molar-refractivity contribution in [1.29, 1.82) is 0 Å². The maximum Gasteiger partial charge on any atom is 0.252 e. The van der Waals surface area contributed by atoms with E-state index in [2.05, 4.69) is 4.98 Å². The number of carbonyl (C=O) groups excluding carboxylic acids is 3. The van der Waals surface area contributed by atoms with E-state index in [1.165, 1.54) is 6.92 Å². The average molecular weight is 338 g/mol. The molecule has 0 bridgehead atoms. The summed E-state index contributed by atoms with van der Waals surface area (Å²) in [6.45, 7) is 1.46. The van der Waals surface area contributed by atoms with Crippen LogP contribution in [0.2, 0.25) is 0 Å². The zero-order chi connectivity index (χ0) is 17.8. The number of nitrogens with zero attached hydrogens (tertiary/aromatic N) is 2. The van der Waals surface area contributed by atoms with Crippen molar-refractivity contribution >= 4 is 28.5 Å². The number of hydrogen-bond donors (Lipinski definition) is 1. The molecule has 126 valence electrons. The molecule has 0 saturated carbocycles. The lowest BCUT2D eigenvalue weighted by molar-refractivity contribution is -0.144. The average Bonchev–Trinajstić information content (AvgIpc) is 3.06. The molecule has 4 rings (SSSR count). The predicted molar refractivity (Wildman–Crippen MR) is 85.9 cm³/mol. The molecule has 1 atom stereocenters. The number of rotatable bonds is 2. The van der Waals surface area contributed by atoms with Gasteiger partial charge in [-0.2, -0.15) is 0 Å². The summed E-state index contributed by atoms with van der Waals surface area (Å²) < 4.78 is 5.64. The number of imide groups is 1. The highest BCUT2D eigenvalue weighted by atomic mass is 16.5. The van der Waals surface area contributed by atoms with Crippen LogP contribution in [0.3, 0.4) is 0 Å². The van der Waals surface area contributed by atoms with Crippen LogP contribution in [0.5, 0.6) is 0 Å². The number of ketones is 1. The summed E-state index contributed by atoms with van der Waals surface area (Å²) in [5.41, 5.74) is -0.650. The molecule has 3 heterocycles. The monoisotopic (exact) mass is 338 g/mol. The van der Waals surface area contributed by atoms with Crippen LogP contribution in [-0.4, -0.2) is 32.6 Å². The molecule has 7 heteroatoms. The molecule has 1 saturated heterocycles. The third-order valence-corrected chi connectivity index (χ3v) is 4.49. The lowest BCUT2D eigenvalue weighted by Gasteiger charge is -2.24. The number of amides is 2. The van der Waals surface area contributed by atoms with Crippen LogP contribution in [0, 0.1) is 0 Å². The van der Waals surface area contributed by atoms with Crippen molar-refractivity contribution in [3.05, 3.63) is 53.7 Å². The smallest absolute Gasteiger partial charge is 0.252 e. The van der Waals surface area contributed by atoms with Gasteiger partial charge in [0.1, 0.15) is 0 Å². The summed E-state index contributed by atoms with van der Waals surface area (Å²) in [7, 11) is 0. The van der Waals surface area contributed by atoms with Crippen molar-refractivity contribution in [1.82, 2.24) is 9.88 Å². The molecule has 2 aliphatic rings. The van der Waals surface area contributed by atoms with Crippen molar-refractivity contribution < 1.29 is 24.2 Å². The molecule has 1 unspecified atom stereocenters. The largest absolute Gasteiger partial charge is 0.501 e. The predicted octanol–water partition coefficient (Wildman–Crippen LogP) is 1.93. The Hall–Kier alpha value is -3.22. The number of Topliss-reactive ketones (excluding diaryl/α,β-unsaturated/α-hetero) is 1. The van der Waals surface area contributed by atoms with E-state index in [0.717, 1.165) is 10.3 Å². The van der Waals surface area contributed by atoms with E-state index in [-0.39, 0.29) is 18.5 Å². The second-order valence-electron chi connectivity index (χ2n) is 6.13. The quantitative estimate of drug-likeness (QED) is 0.841. The van der Waals surface area contributed by atoms with E-state index in [4.69, 9.17) is 4.74 Å². The van der Waals surface area contributed by atoms with Crippen molar-refractivity contribution in [2.45, 2.75) is 25.4 Å². The minimum atomic E-state index is -1.60. The lowest BCUT2D eigenvalue weighted by atomic mass is 9.95. The van der Waals surface area contributed by atoms with Crippen LogP contribution in [-0.2, 0) is 24.7 Å². The number of aliphatic hydroxyl groups excluding tert-OH is 1. The van der Waals surface area contributed by atoms with E-state index < -0.39 is 34.8 Å². The van der Waals surface area contributed by atoms with E-state index in [0.29, 0.717) is 5.52 Å². The molecule has 2 aliphatic heterocycles. The summed E-state index contributed by atoms with van der Waals surface area (Å²) in [5.74, 6) is -2.89. The third kappa shape index (κ3) is 2.12. The number of carbonyl (C=O) groups is 3. The highest BCUT2D eigenvalue weighted by molar-refractivity contribution is 6.08. The van der Waals surface area contributed by atoms with Crippen LogP contribution >= 0.6 is 0 Å². The second-order valence-corrected chi connectivity index (χ2v) is 6.13. The zero-order valence-electron chi connectivity index (χ0n) is 13.4.